The lowest BCUT2D eigenvalue weighted by molar-refractivity contribution is 0.723. The van der Waals surface area contributed by atoms with Crippen LogP contribution >= 0.6 is 12.4 Å². The molecule has 0 saturated carbocycles. The molecule has 0 spiro atoms. The second-order valence-electron chi connectivity index (χ2n) is 4.05. The van der Waals surface area contributed by atoms with E-state index in [4.69, 9.17) is 5.73 Å². The average Bonchev–Trinajstić information content (AvgIpc) is 2.63. The second kappa shape index (κ2) is 5.19. The third-order valence-corrected chi connectivity index (χ3v) is 2.60. The smallest absolute Gasteiger partial charge is 0.0457 e. The zero-order chi connectivity index (χ0) is 10.8. The lowest BCUT2D eigenvalue weighted by Crippen LogP contribution is -2.10. The molecular weight excluding hydrogens is 220 g/mol. The number of nitrogens with one attached hydrogen (secondary N) is 1. The minimum atomic E-state index is 0. The summed E-state index contributed by atoms with van der Waals surface area (Å²) in [6.45, 7) is 5.91. The molecule has 0 saturated heterocycles. The van der Waals surface area contributed by atoms with Crippen LogP contribution < -0.4 is 5.73 Å². The fraction of sp³-hybridized carbons (Fsp3) is 0.231. The molecule has 1 atom stereocenters. The molecule has 3 N–H and O–H groups in total. The minimum Gasteiger partial charge on any atom is -0.361 e. The van der Waals surface area contributed by atoms with Crippen molar-refractivity contribution in [2.45, 2.75) is 19.4 Å². The molecule has 0 radical (unpaired) electrons. The summed E-state index contributed by atoms with van der Waals surface area (Å²) in [6.07, 6.45) is 2.78. The number of rotatable bonds is 3. The molecule has 2 rings (SSSR count). The number of benzene rings is 1. The molecule has 86 valence electrons. The molecule has 0 aliphatic carbocycles. The van der Waals surface area contributed by atoms with Crippen molar-refractivity contribution < 1.29 is 0 Å². The highest BCUT2D eigenvalue weighted by molar-refractivity contribution is 5.85. The Kier molecular flexibility index (Phi) is 4.16. The molecule has 1 aromatic carbocycles. The van der Waals surface area contributed by atoms with Gasteiger partial charge in [-0.25, -0.2) is 0 Å². The Morgan fingerprint density at radius 3 is 2.88 bits per heavy atom. The summed E-state index contributed by atoms with van der Waals surface area (Å²) < 4.78 is 0. The van der Waals surface area contributed by atoms with Gasteiger partial charge in [0.2, 0.25) is 0 Å². The van der Waals surface area contributed by atoms with Crippen LogP contribution in [0.15, 0.2) is 42.6 Å². The van der Waals surface area contributed by atoms with Crippen LogP contribution in [0.3, 0.4) is 0 Å². The van der Waals surface area contributed by atoms with Crippen molar-refractivity contribution in [1.82, 2.24) is 4.98 Å². The molecular formula is C13H17ClN2. The van der Waals surface area contributed by atoms with E-state index in [1.165, 1.54) is 10.9 Å². The summed E-state index contributed by atoms with van der Waals surface area (Å²) in [5.41, 5.74) is 9.60. The van der Waals surface area contributed by atoms with Crippen molar-refractivity contribution in [2.75, 3.05) is 0 Å². The van der Waals surface area contributed by atoms with E-state index in [1.54, 1.807) is 0 Å². The number of aromatic amines is 1. The molecule has 1 aromatic heterocycles. The van der Waals surface area contributed by atoms with Gasteiger partial charge in [0.05, 0.1) is 0 Å². The van der Waals surface area contributed by atoms with E-state index in [0.29, 0.717) is 0 Å². The van der Waals surface area contributed by atoms with E-state index in [1.807, 2.05) is 19.2 Å². The van der Waals surface area contributed by atoms with Crippen molar-refractivity contribution in [2.24, 2.45) is 5.73 Å². The van der Waals surface area contributed by atoms with Crippen molar-refractivity contribution >= 4 is 23.3 Å². The monoisotopic (exact) mass is 236 g/mol. The number of hydrogen-bond acceptors (Lipinski definition) is 1. The average molecular weight is 237 g/mol. The normalized spacial score (nSPS) is 12.1. The quantitative estimate of drug-likeness (QED) is 0.787. The number of aromatic nitrogens is 1. The van der Waals surface area contributed by atoms with E-state index < -0.39 is 0 Å². The minimum absolute atomic E-state index is 0. The van der Waals surface area contributed by atoms with Gasteiger partial charge in [0.1, 0.15) is 0 Å². The van der Waals surface area contributed by atoms with Gasteiger partial charge in [-0.1, -0.05) is 17.7 Å². The van der Waals surface area contributed by atoms with Crippen LogP contribution in [0.2, 0.25) is 0 Å². The SMILES string of the molecule is C=C(C)C[C@H](N)c1cccc2[nH]ccc12.Cl. The van der Waals surface area contributed by atoms with Crippen LogP contribution in [0, 0.1) is 0 Å². The van der Waals surface area contributed by atoms with Crippen LogP contribution in [0.25, 0.3) is 10.9 Å². The highest BCUT2D eigenvalue weighted by Gasteiger charge is 2.09. The number of hydrogen-bond donors (Lipinski definition) is 2. The maximum absolute atomic E-state index is 6.15. The first kappa shape index (κ1) is 12.8. The number of halogens is 1. The van der Waals surface area contributed by atoms with Crippen molar-refractivity contribution in [3.8, 4) is 0 Å². The Balaban J connectivity index is 0.00000128. The Morgan fingerprint density at radius 1 is 1.44 bits per heavy atom. The van der Waals surface area contributed by atoms with Gasteiger partial charge >= 0.3 is 0 Å². The summed E-state index contributed by atoms with van der Waals surface area (Å²) >= 11 is 0. The van der Waals surface area contributed by atoms with Gasteiger partial charge in [0.15, 0.2) is 0 Å². The number of H-pyrrole nitrogens is 1. The van der Waals surface area contributed by atoms with Crippen molar-refractivity contribution in [3.63, 3.8) is 0 Å². The molecule has 0 aliphatic heterocycles. The van der Waals surface area contributed by atoms with E-state index >= 15 is 0 Å². The predicted octanol–water partition coefficient (Wildman–Crippen LogP) is 3.56. The zero-order valence-electron chi connectivity index (χ0n) is 9.36. The molecule has 16 heavy (non-hydrogen) atoms. The van der Waals surface area contributed by atoms with Crippen LogP contribution in [-0.2, 0) is 0 Å². The van der Waals surface area contributed by atoms with Gasteiger partial charge in [0, 0.05) is 23.1 Å². The fourth-order valence-electron chi connectivity index (χ4n) is 1.92. The fourth-order valence-corrected chi connectivity index (χ4v) is 1.92. The molecule has 2 aromatic rings. The maximum Gasteiger partial charge on any atom is 0.0457 e. The molecule has 3 heteroatoms. The maximum atomic E-state index is 6.15. The third-order valence-electron chi connectivity index (χ3n) is 2.60. The van der Waals surface area contributed by atoms with Gasteiger partial charge in [-0.2, -0.15) is 0 Å². The van der Waals surface area contributed by atoms with Gasteiger partial charge in [-0.15, -0.1) is 19.0 Å². The molecule has 0 fully saturated rings. The van der Waals surface area contributed by atoms with Gasteiger partial charge < -0.3 is 10.7 Å². The predicted molar refractivity (Wildman–Crippen MR) is 71.9 cm³/mol. The summed E-state index contributed by atoms with van der Waals surface area (Å²) in [5.74, 6) is 0. The van der Waals surface area contributed by atoms with Crippen LogP contribution in [0.4, 0.5) is 0 Å². The van der Waals surface area contributed by atoms with E-state index in [-0.39, 0.29) is 18.4 Å². The van der Waals surface area contributed by atoms with Crippen molar-refractivity contribution in [1.29, 1.82) is 0 Å². The van der Waals surface area contributed by atoms with E-state index in [2.05, 4.69) is 29.8 Å². The molecule has 0 unspecified atom stereocenters. The van der Waals surface area contributed by atoms with Crippen LogP contribution in [0.1, 0.15) is 24.9 Å². The van der Waals surface area contributed by atoms with Gasteiger partial charge in [-0.05, 0) is 31.0 Å². The molecule has 1 heterocycles. The standard InChI is InChI=1S/C13H16N2.ClH/c1-9(2)8-12(14)10-4-3-5-13-11(10)6-7-15-13;/h3-7,12,15H,1,8,14H2,2H3;1H/t12-;/m0./s1. The Morgan fingerprint density at radius 2 is 2.19 bits per heavy atom. The van der Waals surface area contributed by atoms with Gasteiger partial charge in [-0.3, -0.25) is 0 Å². The zero-order valence-corrected chi connectivity index (χ0v) is 10.2. The number of fused-ring (bicyclic) bond motifs is 1. The second-order valence-corrected chi connectivity index (χ2v) is 4.05. The Bertz CT molecular complexity index is 487. The highest BCUT2D eigenvalue weighted by atomic mass is 35.5. The summed E-state index contributed by atoms with van der Waals surface area (Å²) in [4.78, 5) is 3.19. The van der Waals surface area contributed by atoms with Crippen LogP contribution in [-0.4, -0.2) is 4.98 Å². The largest absolute Gasteiger partial charge is 0.361 e. The topological polar surface area (TPSA) is 41.8 Å². The summed E-state index contributed by atoms with van der Waals surface area (Å²) in [6, 6.07) is 8.30. The molecule has 0 bridgehead atoms. The van der Waals surface area contributed by atoms with E-state index in [0.717, 1.165) is 17.5 Å². The third kappa shape index (κ3) is 2.46. The molecule has 0 aliphatic rings. The van der Waals surface area contributed by atoms with E-state index in [9.17, 15) is 0 Å². The van der Waals surface area contributed by atoms with Crippen molar-refractivity contribution in [3.05, 3.63) is 48.2 Å². The summed E-state index contributed by atoms with van der Waals surface area (Å²) in [5, 5.41) is 1.21. The first-order chi connectivity index (χ1) is 7.18. The van der Waals surface area contributed by atoms with Crippen LogP contribution in [0.5, 0.6) is 0 Å². The molecule has 0 amide bonds. The first-order valence-electron chi connectivity index (χ1n) is 5.14. The Hall–Kier alpha value is -1.25. The first-order valence-corrected chi connectivity index (χ1v) is 5.14. The lowest BCUT2D eigenvalue weighted by atomic mass is 9.98. The van der Waals surface area contributed by atoms with Gasteiger partial charge in [0.25, 0.3) is 0 Å². The molecule has 2 nitrogen and oxygen atoms in total. The highest BCUT2D eigenvalue weighted by Crippen LogP contribution is 2.25. The summed E-state index contributed by atoms with van der Waals surface area (Å²) in [7, 11) is 0. The Labute approximate surface area is 102 Å². The number of nitrogens with two attached hydrogens (primary N) is 1. The lowest BCUT2D eigenvalue weighted by Gasteiger charge is -2.12.